The summed E-state index contributed by atoms with van der Waals surface area (Å²) in [6.45, 7) is 3.91. The van der Waals surface area contributed by atoms with Crippen molar-refractivity contribution in [2.24, 2.45) is 0 Å². The van der Waals surface area contributed by atoms with Crippen LogP contribution in [0.1, 0.15) is 0 Å². The van der Waals surface area contributed by atoms with Crippen LogP contribution >= 0.6 is 0 Å². The fourth-order valence-corrected chi connectivity index (χ4v) is 2.98. The van der Waals surface area contributed by atoms with Gasteiger partial charge in [0.25, 0.3) is 0 Å². The standard InChI is InChI=1S/C17H19N5O/c1-23-15-4-2-13(3-5-15)14-10-16-17(19-12-20-22(16)11-14)21-8-6-18-7-9-21/h2-5,10-12,18H,6-9H2,1H3. The number of ether oxygens (including phenoxy) is 1. The van der Waals surface area contributed by atoms with E-state index in [2.05, 4.69) is 38.5 Å². The van der Waals surface area contributed by atoms with E-state index in [-0.39, 0.29) is 0 Å². The molecule has 23 heavy (non-hydrogen) atoms. The summed E-state index contributed by atoms with van der Waals surface area (Å²) in [4.78, 5) is 6.82. The van der Waals surface area contributed by atoms with Gasteiger partial charge in [-0.1, -0.05) is 12.1 Å². The first-order chi connectivity index (χ1) is 11.3. The summed E-state index contributed by atoms with van der Waals surface area (Å²) in [5.41, 5.74) is 3.31. The Morgan fingerprint density at radius 3 is 2.61 bits per heavy atom. The molecule has 3 heterocycles. The lowest BCUT2D eigenvalue weighted by molar-refractivity contribution is 0.415. The molecule has 3 aromatic rings. The Labute approximate surface area is 134 Å². The van der Waals surface area contributed by atoms with Crippen LogP contribution in [0.2, 0.25) is 0 Å². The van der Waals surface area contributed by atoms with Gasteiger partial charge in [-0.05, 0) is 23.8 Å². The van der Waals surface area contributed by atoms with Gasteiger partial charge in [-0.25, -0.2) is 9.50 Å². The lowest BCUT2D eigenvalue weighted by Gasteiger charge is -2.28. The molecule has 0 spiro atoms. The van der Waals surface area contributed by atoms with E-state index in [1.165, 1.54) is 0 Å². The molecule has 2 aromatic heterocycles. The number of benzene rings is 1. The van der Waals surface area contributed by atoms with Crippen LogP contribution in [0.3, 0.4) is 0 Å². The number of nitrogens with one attached hydrogen (secondary N) is 1. The first-order valence-electron chi connectivity index (χ1n) is 7.78. The summed E-state index contributed by atoms with van der Waals surface area (Å²) < 4.78 is 7.13. The number of methoxy groups -OCH3 is 1. The van der Waals surface area contributed by atoms with E-state index in [1.54, 1.807) is 13.4 Å². The van der Waals surface area contributed by atoms with E-state index in [0.29, 0.717) is 0 Å². The molecule has 0 saturated carbocycles. The maximum Gasteiger partial charge on any atom is 0.156 e. The molecular weight excluding hydrogens is 290 g/mol. The molecule has 0 atom stereocenters. The summed E-state index contributed by atoms with van der Waals surface area (Å²) in [6.07, 6.45) is 3.67. The Morgan fingerprint density at radius 2 is 1.87 bits per heavy atom. The predicted octanol–water partition coefficient (Wildman–Crippen LogP) is 1.81. The van der Waals surface area contributed by atoms with E-state index in [0.717, 1.165) is 54.4 Å². The molecule has 1 aromatic carbocycles. The number of anilines is 1. The minimum atomic E-state index is 0.860. The van der Waals surface area contributed by atoms with Crippen LogP contribution < -0.4 is 15.0 Å². The van der Waals surface area contributed by atoms with Crippen LogP contribution in [-0.4, -0.2) is 47.9 Å². The Bertz CT molecular complexity index is 805. The van der Waals surface area contributed by atoms with Crippen molar-refractivity contribution in [3.8, 4) is 16.9 Å². The topological polar surface area (TPSA) is 54.7 Å². The molecule has 1 saturated heterocycles. The second-order valence-electron chi connectivity index (χ2n) is 5.61. The fraction of sp³-hybridized carbons (Fsp3) is 0.294. The zero-order valence-corrected chi connectivity index (χ0v) is 13.1. The van der Waals surface area contributed by atoms with Crippen molar-refractivity contribution in [1.82, 2.24) is 19.9 Å². The second kappa shape index (κ2) is 5.89. The molecule has 1 aliphatic heterocycles. The van der Waals surface area contributed by atoms with Gasteiger partial charge in [0, 0.05) is 37.9 Å². The van der Waals surface area contributed by atoms with Crippen LogP contribution in [0.4, 0.5) is 5.82 Å². The van der Waals surface area contributed by atoms with Gasteiger partial charge < -0.3 is 15.0 Å². The third kappa shape index (κ3) is 2.61. The van der Waals surface area contributed by atoms with Gasteiger partial charge in [-0.2, -0.15) is 5.10 Å². The molecular formula is C17H19N5O. The lowest BCUT2D eigenvalue weighted by Crippen LogP contribution is -2.44. The number of fused-ring (bicyclic) bond motifs is 1. The van der Waals surface area contributed by atoms with E-state index in [9.17, 15) is 0 Å². The van der Waals surface area contributed by atoms with Crippen molar-refractivity contribution >= 4 is 11.3 Å². The van der Waals surface area contributed by atoms with Gasteiger partial charge in [0.15, 0.2) is 5.82 Å². The molecule has 1 aliphatic rings. The second-order valence-corrected chi connectivity index (χ2v) is 5.61. The molecule has 0 unspecified atom stereocenters. The van der Waals surface area contributed by atoms with Crippen molar-refractivity contribution in [1.29, 1.82) is 0 Å². The Kier molecular flexibility index (Phi) is 3.59. The zero-order valence-electron chi connectivity index (χ0n) is 13.1. The molecule has 0 amide bonds. The highest BCUT2D eigenvalue weighted by molar-refractivity contribution is 5.77. The molecule has 0 bridgehead atoms. The van der Waals surface area contributed by atoms with Crippen LogP contribution in [0.25, 0.3) is 16.6 Å². The Balaban J connectivity index is 1.74. The Morgan fingerprint density at radius 1 is 1.09 bits per heavy atom. The average molecular weight is 309 g/mol. The average Bonchev–Trinajstić information content (AvgIpc) is 3.06. The fourth-order valence-electron chi connectivity index (χ4n) is 2.98. The summed E-state index contributed by atoms with van der Waals surface area (Å²) in [5, 5.41) is 7.73. The van der Waals surface area contributed by atoms with Crippen molar-refractivity contribution in [2.45, 2.75) is 0 Å². The van der Waals surface area contributed by atoms with Crippen molar-refractivity contribution < 1.29 is 4.74 Å². The lowest BCUT2D eigenvalue weighted by atomic mass is 10.1. The molecule has 6 heteroatoms. The molecule has 0 aliphatic carbocycles. The predicted molar refractivity (Wildman–Crippen MR) is 90.1 cm³/mol. The SMILES string of the molecule is COc1ccc(-c2cc3c(N4CCNCC4)ncnn3c2)cc1. The summed E-state index contributed by atoms with van der Waals surface area (Å²) >= 11 is 0. The largest absolute Gasteiger partial charge is 0.497 e. The van der Waals surface area contributed by atoms with Crippen molar-refractivity contribution in [3.63, 3.8) is 0 Å². The minimum absolute atomic E-state index is 0.860. The monoisotopic (exact) mass is 309 g/mol. The van der Waals surface area contributed by atoms with E-state index < -0.39 is 0 Å². The normalized spacial score (nSPS) is 15.1. The molecule has 1 fully saturated rings. The van der Waals surface area contributed by atoms with Gasteiger partial charge in [-0.15, -0.1) is 0 Å². The quantitative estimate of drug-likeness (QED) is 0.800. The molecule has 6 nitrogen and oxygen atoms in total. The highest BCUT2D eigenvalue weighted by atomic mass is 16.5. The summed E-state index contributed by atoms with van der Waals surface area (Å²) in [6, 6.07) is 10.2. The van der Waals surface area contributed by atoms with Crippen LogP contribution in [0, 0.1) is 0 Å². The number of piperazine rings is 1. The highest BCUT2D eigenvalue weighted by Gasteiger charge is 2.16. The van der Waals surface area contributed by atoms with E-state index in [1.807, 2.05) is 22.8 Å². The maximum absolute atomic E-state index is 5.22. The van der Waals surface area contributed by atoms with Crippen molar-refractivity contribution in [2.75, 3.05) is 38.2 Å². The third-order valence-electron chi connectivity index (χ3n) is 4.23. The Hall–Kier alpha value is -2.60. The van der Waals surface area contributed by atoms with E-state index in [4.69, 9.17) is 4.74 Å². The minimum Gasteiger partial charge on any atom is -0.497 e. The summed E-state index contributed by atoms with van der Waals surface area (Å²) in [5.74, 6) is 1.86. The number of nitrogens with zero attached hydrogens (tertiary/aromatic N) is 4. The van der Waals surface area contributed by atoms with Gasteiger partial charge in [0.05, 0.1) is 7.11 Å². The van der Waals surface area contributed by atoms with Crippen LogP contribution in [-0.2, 0) is 0 Å². The van der Waals surface area contributed by atoms with Gasteiger partial charge in [0.1, 0.15) is 17.6 Å². The smallest absolute Gasteiger partial charge is 0.156 e. The molecule has 0 radical (unpaired) electrons. The first-order valence-corrected chi connectivity index (χ1v) is 7.78. The van der Waals surface area contributed by atoms with Crippen LogP contribution in [0.5, 0.6) is 5.75 Å². The third-order valence-corrected chi connectivity index (χ3v) is 4.23. The molecule has 118 valence electrons. The zero-order chi connectivity index (χ0) is 15.6. The van der Waals surface area contributed by atoms with Gasteiger partial charge >= 0.3 is 0 Å². The number of hydrogen-bond donors (Lipinski definition) is 1. The number of rotatable bonds is 3. The maximum atomic E-state index is 5.22. The molecule has 4 rings (SSSR count). The van der Waals surface area contributed by atoms with Crippen molar-refractivity contribution in [3.05, 3.63) is 42.9 Å². The number of aromatic nitrogens is 3. The van der Waals surface area contributed by atoms with Crippen LogP contribution in [0.15, 0.2) is 42.9 Å². The van der Waals surface area contributed by atoms with Gasteiger partial charge in [-0.3, -0.25) is 0 Å². The number of hydrogen-bond acceptors (Lipinski definition) is 5. The summed E-state index contributed by atoms with van der Waals surface area (Å²) in [7, 11) is 1.68. The molecule has 1 N–H and O–H groups in total. The van der Waals surface area contributed by atoms with E-state index >= 15 is 0 Å². The highest BCUT2D eigenvalue weighted by Crippen LogP contribution is 2.28. The first kappa shape index (κ1) is 14.0. The van der Waals surface area contributed by atoms with Gasteiger partial charge in [0.2, 0.25) is 0 Å².